The maximum absolute atomic E-state index is 11.8. The minimum Gasteiger partial charge on any atom is -0.481 e. The van der Waals surface area contributed by atoms with Crippen molar-refractivity contribution in [1.29, 1.82) is 0 Å². The Bertz CT molecular complexity index is 528. The van der Waals surface area contributed by atoms with Crippen LogP contribution in [0.1, 0.15) is 6.92 Å². The molecule has 6 heteroatoms. The number of aromatic nitrogens is 1. The van der Waals surface area contributed by atoms with Gasteiger partial charge in [0.25, 0.3) is 5.91 Å². The lowest BCUT2D eigenvalue weighted by molar-refractivity contribution is -0.122. The molecule has 1 atom stereocenters. The predicted octanol–water partition coefficient (Wildman–Crippen LogP) is 2.84. The van der Waals surface area contributed by atoms with Crippen molar-refractivity contribution in [1.82, 2.24) is 5.16 Å². The van der Waals surface area contributed by atoms with E-state index < -0.39 is 6.10 Å². The molecule has 0 spiro atoms. The van der Waals surface area contributed by atoms with Gasteiger partial charge in [-0.15, -0.1) is 0 Å². The van der Waals surface area contributed by atoms with Gasteiger partial charge in [-0.05, 0) is 25.1 Å². The summed E-state index contributed by atoms with van der Waals surface area (Å²) < 4.78 is 11.0. The van der Waals surface area contributed by atoms with E-state index in [1.54, 1.807) is 25.1 Å². The van der Waals surface area contributed by atoms with E-state index in [2.05, 4.69) is 30.9 Å². The first kappa shape index (κ1) is 12.6. The van der Waals surface area contributed by atoms with Crippen LogP contribution in [0.15, 0.2) is 45.6 Å². The molecular formula is C12H11BrN2O3. The molecule has 0 radical (unpaired) electrons. The quantitative estimate of drug-likeness (QED) is 0.943. The second kappa shape index (κ2) is 5.68. The number of nitrogens with one attached hydrogen (secondary N) is 1. The molecule has 0 bridgehead atoms. The first-order valence-corrected chi connectivity index (χ1v) is 6.08. The van der Waals surface area contributed by atoms with Crippen molar-refractivity contribution in [2.45, 2.75) is 13.0 Å². The molecule has 0 aliphatic rings. The lowest BCUT2D eigenvalue weighted by Gasteiger charge is -2.13. The van der Waals surface area contributed by atoms with Gasteiger partial charge in [0.1, 0.15) is 12.0 Å². The van der Waals surface area contributed by atoms with Crippen molar-refractivity contribution in [3.63, 3.8) is 0 Å². The number of anilines is 1. The molecule has 1 aromatic carbocycles. The molecule has 5 nitrogen and oxygen atoms in total. The molecule has 2 aromatic rings. The van der Waals surface area contributed by atoms with Gasteiger partial charge >= 0.3 is 0 Å². The van der Waals surface area contributed by atoms with Gasteiger partial charge < -0.3 is 14.6 Å². The Morgan fingerprint density at radius 1 is 1.50 bits per heavy atom. The Morgan fingerprint density at radius 3 is 3.00 bits per heavy atom. The predicted molar refractivity (Wildman–Crippen MR) is 69.4 cm³/mol. The molecule has 1 aromatic heterocycles. The second-order valence-corrected chi connectivity index (χ2v) is 4.51. The Hall–Kier alpha value is -1.82. The standard InChI is InChI=1S/C12H11BrN2O3/c1-8(12(16)14-11-5-6-17-15-11)18-10-4-2-3-9(13)7-10/h2-8H,1H3,(H,14,15,16)/t8-/m1/s1. The number of benzene rings is 1. The van der Waals surface area contributed by atoms with E-state index in [1.165, 1.54) is 6.26 Å². The Morgan fingerprint density at radius 2 is 2.33 bits per heavy atom. The Kier molecular flexibility index (Phi) is 3.99. The van der Waals surface area contributed by atoms with E-state index in [0.29, 0.717) is 11.6 Å². The molecule has 0 unspecified atom stereocenters. The third-order valence-electron chi connectivity index (χ3n) is 2.17. The fourth-order valence-electron chi connectivity index (χ4n) is 1.30. The minimum atomic E-state index is -0.629. The highest BCUT2D eigenvalue weighted by atomic mass is 79.9. The van der Waals surface area contributed by atoms with Gasteiger partial charge in [-0.1, -0.05) is 27.2 Å². The molecule has 1 heterocycles. The highest BCUT2D eigenvalue weighted by Crippen LogP contribution is 2.19. The van der Waals surface area contributed by atoms with Crippen molar-refractivity contribution in [3.8, 4) is 5.75 Å². The fourth-order valence-corrected chi connectivity index (χ4v) is 1.68. The second-order valence-electron chi connectivity index (χ2n) is 3.59. The Balaban J connectivity index is 1.95. The van der Waals surface area contributed by atoms with Crippen molar-refractivity contribution in [2.24, 2.45) is 0 Å². The van der Waals surface area contributed by atoms with Gasteiger partial charge in [-0.25, -0.2) is 0 Å². The minimum absolute atomic E-state index is 0.288. The normalized spacial score (nSPS) is 11.9. The number of ether oxygens (including phenoxy) is 1. The van der Waals surface area contributed by atoms with E-state index in [9.17, 15) is 4.79 Å². The topological polar surface area (TPSA) is 64.4 Å². The van der Waals surface area contributed by atoms with Crippen molar-refractivity contribution >= 4 is 27.7 Å². The number of rotatable bonds is 4. The number of hydrogen-bond acceptors (Lipinski definition) is 4. The first-order chi connectivity index (χ1) is 8.65. The smallest absolute Gasteiger partial charge is 0.266 e. The zero-order valence-electron chi connectivity index (χ0n) is 9.59. The summed E-state index contributed by atoms with van der Waals surface area (Å²) in [5.41, 5.74) is 0. The highest BCUT2D eigenvalue weighted by Gasteiger charge is 2.15. The third kappa shape index (κ3) is 3.33. The molecule has 0 saturated carbocycles. The van der Waals surface area contributed by atoms with Gasteiger partial charge in [0, 0.05) is 10.5 Å². The fraction of sp³-hybridized carbons (Fsp3) is 0.167. The third-order valence-corrected chi connectivity index (χ3v) is 2.66. The van der Waals surface area contributed by atoms with E-state index >= 15 is 0 Å². The van der Waals surface area contributed by atoms with Crippen LogP contribution in [-0.4, -0.2) is 17.2 Å². The number of hydrogen-bond donors (Lipinski definition) is 1. The summed E-state index contributed by atoms with van der Waals surface area (Å²) in [4.78, 5) is 11.8. The van der Waals surface area contributed by atoms with Crippen molar-refractivity contribution in [2.75, 3.05) is 5.32 Å². The summed E-state index contributed by atoms with van der Waals surface area (Å²) in [6, 6.07) is 8.85. The summed E-state index contributed by atoms with van der Waals surface area (Å²) in [7, 11) is 0. The molecule has 94 valence electrons. The lowest BCUT2D eigenvalue weighted by atomic mass is 10.3. The van der Waals surface area contributed by atoms with Crippen LogP contribution >= 0.6 is 15.9 Å². The van der Waals surface area contributed by atoms with E-state index in [0.717, 1.165) is 4.47 Å². The van der Waals surface area contributed by atoms with Crippen molar-refractivity contribution in [3.05, 3.63) is 41.1 Å². The van der Waals surface area contributed by atoms with E-state index in [1.807, 2.05) is 12.1 Å². The zero-order valence-corrected chi connectivity index (χ0v) is 11.2. The van der Waals surface area contributed by atoms with Gasteiger partial charge in [-0.3, -0.25) is 4.79 Å². The summed E-state index contributed by atoms with van der Waals surface area (Å²) in [6.45, 7) is 1.66. The van der Waals surface area contributed by atoms with Crippen LogP contribution in [0.5, 0.6) is 5.75 Å². The van der Waals surface area contributed by atoms with Gasteiger partial charge in [0.15, 0.2) is 11.9 Å². The van der Waals surface area contributed by atoms with Crippen LogP contribution in [0.3, 0.4) is 0 Å². The molecule has 0 aliphatic heterocycles. The van der Waals surface area contributed by atoms with E-state index in [4.69, 9.17) is 4.74 Å². The molecule has 0 fully saturated rings. The molecule has 2 rings (SSSR count). The van der Waals surface area contributed by atoms with Crippen molar-refractivity contribution < 1.29 is 14.1 Å². The molecule has 18 heavy (non-hydrogen) atoms. The van der Waals surface area contributed by atoms with Crippen LogP contribution in [0.2, 0.25) is 0 Å². The maximum atomic E-state index is 11.8. The number of carbonyl (C=O) groups is 1. The van der Waals surface area contributed by atoms with Crippen LogP contribution in [0.4, 0.5) is 5.82 Å². The molecular weight excluding hydrogens is 300 g/mol. The average Bonchev–Trinajstić information content (AvgIpc) is 2.81. The monoisotopic (exact) mass is 310 g/mol. The van der Waals surface area contributed by atoms with Gasteiger partial charge in [0.05, 0.1) is 0 Å². The van der Waals surface area contributed by atoms with Gasteiger partial charge in [0.2, 0.25) is 0 Å². The Labute approximate surface area is 112 Å². The van der Waals surface area contributed by atoms with E-state index in [-0.39, 0.29) is 5.91 Å². The summed E-state index contributed by atoms with van der Waals surface area (Å²) in [5, 5.41) is 6.17. The maximum Gasteiger partial charge on any atom is 0.266 e. The highest BCUT2D eigenvalue weighted by molar-refractivity contribution is 9.10. The molecule has 1 amide bonds. The SMILES string of the molecule is C[C@@H](Oc1cccc(Br)c1)C(=O)Nc1ccon1. The van der Waals surface area contributed by atoms with Crippen LogP contribution < -0.4 is 10.1 Å². The van der Waals surface area contributed by atoms with Crippen LogP contribution in [0.25, 0.3) is 0 Å². The summed E-state index contributed by atoms with van der Waals surface area (Å²) in [5.74, 6) is 0.695. The summed E-state index contributed by atoms with van der Waals surface area (Å²) in [6.07, 6.45) is 0.756. The number of carbonyl (C=O) groups excluding carboxylic acids is 1. The number of nitrogens with zero attached hydrogens (tertiary/aromatic N) is 1. The molecule has 0 saturated heterocycles. The molecule has 0 aliphatic carbocycles. The summed E-state index contributed by atoms with van der Waals surface area (Å²) >= 11 is 3.33. The number of halogens is 1. The zero-order chi connectivity index (χ0) is 13.0. The first-order valence-electron chi connectivity index (χ1n) is 5.28. The number of amides is 1. The van der Waals surface area contributed by atoms with Gasteiger partial charge in [-0.2, -0.15) is 0 Å². The molecule has 1 N–H and O–H groups in total. The van der Waals surface area contributed by atoms with Crippen LogP contribution in [0, 0.1) is 0 Å². The van der Waals surface area contributed by atoms with Crippen LogP contribution in [-0.2, 0) is 4.79 Å². The average molecular weight is 311 g/mol. The lowest BCUT2D eigenvalue weighted by Crippen LogP contribution is -2.30. The largest absolute Gasteiger partial charge is 0.481 e.